The van der Waals surface area contributed by atoms with Crippen molar-refractivity contribution >= 4 is 17.5 Å². The smallest absolute Gasteiger partial charge is 0.251 e. The molecule has 0 saturated heterocycles. The number of carbonyl (C=O) groups excluding carboxylic acids is 2. The first kappa shape index (κ1) is 19.7. The zero-order valence-electron chi connectivity index (χ0n) is 15.5. The number of hydrogen-bond donors (Lipinski definition) is 2. The van der Waals surface area contributed by atoms with E-state index < -0.39 is 5.91 Å². The molecule has 2 rings (SSSR count). The van der Waals surface area contributed by atoms with Crippen molar-refractivity contribution < 1.29 is 9.59 Å². The molecule has 0 aliphatic rings. The fraction of sp³-hybridized carbons (Fsp3) is 0.136. The van der Waals surface area contributed by atoms with Crippen molar-refractivity contribution in [3.63, 3.8) is 0 Å². The van der Waals surface area contributed by atoms with Gasteiger partial charge >= 0.3 is 0 Å². The van der Waals surface area contributed by atoms with Crippen LogP contribution in [-0.4, -0.2) is 16.8 Å². The fourth-order valence-electron chi connectivity index (χ4n) is 2.24. The van der Waals surface area contributed by atoms with E-state index in [0.29, 0.717) is 22.4 Å². The monoisotopic (exact) mass is 359 g/mol. The first-order valence-electron chi connectivity index (χ1n) is 8.39. The lowest BCUT2D eigenvalue weighted by atomic mass is 10.1. The van der Waals surface area contributed by atoms with Crippen molar-refractivity contribution in [2.24, 2.45) is 5.73 Å². The lowest BCUT2D eigenvalue weighted by molar-refractivity contribution is -0.112. The molecule has 2 amide bonds. The number of nitrogens with one attached hydrogen (secondary N) is 1. The molecule has 5 nitrogen and oxygen atoms in total. The molecule has 1 heterocycles. The van der Waals surface area contributed by atoms with Crippen molar-refractivity contribution in [3.8, 4) is 11.8 Å². The number of nitrogens with zero attached hydrogens (tertiary/aromatic N) is 1. The fourth-order valence-corrected chi connectivity index (χ4v) is 2.24. The molecule has 0 saturated carbocycles. The summed E-state index contributed by atoms with van der Waals surface area (Å²) in [6.45, 7) is 5.59. The summed E-state index contributed by atoms with van der Waals surface area (Å²) < 4.78 is 0. The van der Waals surface area contributed by atoms with Gasteiger partial charge in [0.2, 0.25) is 5.91 Å². The van der Waals surface area contributed by atoms with Crippen molar-refractivity contribution in [2.45, 2.75) is 20.8 Å². The van der Waals surface area contributed by atoms with Gasteiger partial charge in [-0.15, -0.1) is 0 Å². The topological polar surface area (TPSA) is 85.1 Å². The van der Waals surface area contributed by atoms with Gasteiger partial charge < -0.3 is 11.1 Å². The van der Waals surface area contributed by atoms with Gasteiger partial charge in [0, 0.05) is 34.8 Å². The predicted molar refractivity (Wildman–Crippen MR) is 107 cm³/mol. The molecule has 3 N–H and O–H groups in total. The molecule has 0 spiro atoms. The molecule has 136 valence electrons. The van der Waals surface area contributed by atoms with E-state index >= 15 is 0 Å². The van der Waals surface area contributed by atoms with Gasteiger partial charge in [0.05, 0.1) is 5.56 Å². The molecule has 0 atom stereocenters. The second kappa shape index (κ2) is 9.16. The zero-order chi connectivity index (χ0) is 19.8. The Kier molecular flexibility index (Phi) is 6.67. The molecule has 0 radical (unpaired) electrons. The highest BCUT2D eigenvalue weighted by Gasteiger charge is 2.07. The van der Waals surface area contributed by atoms with Crippen LogP contribution in [-0.2, 0) is 4.79 Å². The van der Waals surface area contributed by atoms with Crippen molar-refractivity contribution in [1.29, 1.82) is 0 Å². The molecule has 5 heteroatoms. The Labute approximate surface area is 159 Å². The van der Waals surface area contributed by atoms with Crippen LogP contribution in [0.15, 0.2) is 66.0 Å². The molecule has 0 aliphatic heterocycles. The maximum atomic E-state index is 12.3. The van der Waals surface area contributed by atoms with Crippen LogP contribution in [0.25, 0.3) is 0 Å². The number of allylic oxidation sites excluding steroid dienone is 3. The average molecular weight is 359 g/mol. The number of primary amides is 1. The van der Waals surface area contributed by atoms with Gasteiger partial charge in [-0.25, -0.2) is 0 Å². The number of hydrogen-bond acceptors (Lipinski definition) is 3. The lowest BCUT2D eigenvalue weighted by Gasteiger charge is -2.07. The predicted octanol–water partition coefficient (Wildman–Crippen LogP) is 3.43. The number of aromatic nitrogens is 1. The highest BCUT2D eigenvalue weighted by Crippen LogP contribution is 2.13. The highest BCUT2D eigenvalue weighted by molar-refractivity contribution is 6.04. The Morgan fingerprint density at radius 2 is 1.85 bits per heavy atom. The maximum Gasteiger partial charge on any atom is 0.251 e. The van der Waals surface area contributed by atoms with Gasteiger partial charge in [-0.2, -0.15) is 0 Å². The standard InChI is InChI=1S/C22H21N3O2/c1-4-6-15(2)16(3)22(27)25-20-8-5-7-17(12-20)9-10-18-11-19(21(23)26)14-24-13-18/h4-8,11-14H,1-3H3,(H2,23,26)(H,25,27)/b6-4-,16-15+. The summed E-state index contributed by atoms with van der Waals surface area (Å²) in [5.74, 6) is 5.23. The van der Waals surface area contributed by atoms with E-state index in [2.05, 4.69) is 22.1 Å². The maximum absolute atomic E-state index is 12.3. The average Bonchev–Trinajstić information content (AvgIpc) is 2.66. The number of pyridine rings is 1. The molecule has 2 aromatic rings. The van der Waals surface area contributed by atoms with Gasteiger partial charge in [0.15, 0.2) is 0 Å². The van der Waals surface area contributed by atoms with Crippen molar-refractivity contribution in [1.82, 2.24) is 4.98 Å². The second-order valence-corrected chi connectivity index (χ2v) is 5.92. The van der Waals surface area contributed by atoms with Crippen LogP contribution in [0.2, 0.25) is 0 Å². The minimum atomic E-state index is -0.549. The molecule has 27 heavy (non-hydrogen) atoms. The molecule has 1 aromatic heterocycles. The normalized spacial score (nSPS) is 11.4. The summed E-state index contributed by atoms with van der Waals surface area (Å²) in [6.07, 6.45) is 6.74. The van der Waals surface area contributed by atoms with Crippen LogP contribution in [0.5, 0.6) is 0 Å². The Morgan fingerprint density at radius 1 is 1.11 bits per heavy atom. The van der Waals surface area contributed by atoms with E-state index in [-0.39, 0.29) is 5.91 Å². The highest BCUT2D eigenvalue weighted by atomic mass is 16.2. The number of rotatable bonds is 4. The third kappa shape index (κ3) is 5.68. The van der Waals surface area contributed by atoms with Gasteiger partial charge in [0.25, 0.3) is 5.91 Å². The summed E-state index contributed by atoms with van der Waals surface area (Å²) in [6, 6.07) is 8.83. The van der Waals surface area contributed by atoms with Gasteiger partial charge in [-0.1, -0.05) is 30.1 Å². The zero-order valence-corrected chi connectivity index (χ0v) is 15.5. The Balaban J connectivity index is 2.20. The van der Waals surface area contributed by atoms with Gasteiger partial charge in [-0.05, 0) is 50.6 Å². The number of amides is 2. The molecular weight excluding hydrogens is 338 g/mol. The van der Waals surface area contributed by atoms with E-state index in [4.69, 9.17) is 5.73 Å². The molecule has 1 aromatic carbocycles. The number of carbonyl (C=O) groups is 2. The third-order valence-electron chi connectivity index (χ3n) is 3.84. The summed E-state index contributed by atoms with van der Waals surface area (Å²) in [7, 11) is 0. The summed E-state index contributed by atoms with van der Waals surface area (Å²) in [5.41, 5.74) is 9.08. The van der Waals surface area contributed by atoms with E-state index in [1.807, 2.05) is 38.1 Å². The SMILES string of the molecule is C/C=C\C(C)=C(/C)C(=O)Nc1cccc(C#Cc2cncc(C(N)=O)c2)c1. The summed E-state index contributed by atoms with van der Waals surface area (Å²) >= 11 is 0. The minimum Gasteiger partial charge on any atom is -0.366 e. The van der Waals surface area contributed by atoms with Crippen LogP contribution in [0, 0.1) is 11.8 Å². The number of anilines is 1. The third-order valence-corrected chi connectivity index (χ3v) is 3.84. The van der Waals surface area contributed by atoms with E-state index in [9.17, 15) is 9.59 Å². The Bertz CT molecular complexity index is 992. The second-order valence-electron chi connectivity index (χ2n) is 5.92. The van der Waals surface area contributed by atoms with Crippen LogP contribution in [0.1, 0.15) is 42.3 Å². The number of nitrogens with two attached hydrogens (primary N) is 1. The Hall–Kier alpha value is -3.65. The molecule has 0 aliphatic carbocycles. The van der Waals surface area contributed by atoms with Crippen molar-refractivity contribution in [2.75, 3.05) is 5.32 Å². The van der Waals surface area contributed by atoms with Crippen molar-refractivity contribution in [3.05, 3.63) is 82.7 Å². The van der Waals surface area contributed by atoms with Crippen LogP contribution < -0.4 is 11.1 Å². The molecule has 0 unspecified atom stereocenters. The van der Waals surface area contributed by atoms with E-state index in [0.717, 1.165) is 11.1 Å². The van der Waals surface area contributed by atoms with Gasteiger partial charge in [0.1, 0.15) is 0 Å². The van der Waals surface area contributed by atoms with Crippen LogP contribution in [0.3, 0.4) is 0 Å². The molecule has 0 fully saturated rings. The quantitative estimate of drug-likeness (QED) is 0.498. The van der Waals surface area contributed by atoms with Gasteiger partial charge in [-0.3, -0.25) is 14.6 Å². The van der Waals surface area contributed by atoms with Crippen LogP contribution in [0.4, 0.5) is 5.69 Å². The first-order valence-corrected chi connectivity index (χ1v) is 8.39. The Morgan fingerprint density at radius 3 is 2.56 bits per heavy atom. The lowest BCUT2D eigenvalue weighted by Crippen LogP contribution is -2.13. The first-order chi connectivity index (χ1) is 12.9. The summed E-state index contributed by atoms with van der Waals surface area (Å²) in [4.78, 5) is 27.5. The summed E-state index contributed by atoms with van der Waals surface area (Å²) in [5, 5.41) is 2.87. The molecule has 0 bridgehead atoms. The van der Waals surface area contributed by atoms with E-state index in [1.54, 1.807) is 31.3 Å². The number of benzene rings is 1. The van der Waals surface area contributed by atoms with E-state index in [1.165, 1.54) is 6.20 Å². The minimum absolute atomic E-state index is 0.158. The van der Waals surface area contributed by atoms with Crippen LogP contribution >= 0.6 is 0 Å². The molecular formula is C22H21N3O2. The largest absolute Gasteiger partial charge is 0.366 e.